The van der Waals surface area contributed by atoms with Crippen LogP contribution >= 0.6 is 0 Å². The highest BCUT2D eigenvalue weighted by Gasteiger charge is 2.20. The van der Waals surface area contributed by atoms with Crippen molar-refractivity contribution in [3.8, 4) is 0 Å². The molecule has 0 saturated heterocycles. The van der Waals surface area contributed by atoms with E-state index in [0.29, 0.717) is 5.69 Å². The summed E-state index contributed by atoms with van der Waals surface area (Å²) in [5, 5.41) is 24.6. The quantitative estimate of drug-likeness (QED) is 0.621. The number of hydrogen-bond donors (Lipinski definition) is 1. The zero-order chi connectivity index (χ0) is 18.6. The highest BCUT2D eigenvalue weighted by atomic mass is 16.6. The summed E-state index contributed by atoms with van der Waals surface area (Å²) < 4.78 is 0. The fraction of sp³-hybridized carbons (Fsp3) is 0.235. The van der Waals surface area contributed by atoms with E-state index in [4.69, 9.17) is 0 Å². The highest BCUT2D eigenvalue weighted by molar-refractivity contribution is 6.05. The van der Waals surface area contributed by atoms with E-state index in [9.17, 15) is 25.0 Å². The van der Waals surface area contributed by atoms with Crippen molar-refractivity contribution in [1.82, 2.24) is 0 Å². The first-order valence-electron chi connectivity index (χ1n) is 7.67. The Kier molecular flexibility index (Phi) is 5.43. The number of amides is 1. The number of anilines is 1. The summed E-state index contributed by atoms with van der Waals surface area (Å²) in [6.07, 6.45) is 0.870. The lowest BCUT2D eigenvalue weighted by Crippen LogP contribution is -2.14. The van der Waals surface area contributed by atoms with Crippen molar-refractivity contribution in [1.29, 1.82) is 0 Å². The molecule has 0 spiro atoms. The maximum Gasteiger partial charge on any atom is 0.277 e. The number of para-hydroxylation sites is 1. The minimum Gasteiger partial charge on any atom is -0.322 e. The molecule has 0 bridgehead atoms. The van der Waals surface area contributed by atoms with Crippen LogP contribution in [0.15, 0.2) is 42.5 Å². The fourth-order valence-corrected chi connectivity index (χ4v) is 2.39. The molecule has 25 heavy (non-hydrogen) atoms. The number of nitro groups is 2. The van der Waals surface area contributed by atoms with Crippen LogP contribution in [0.2, 0.25) is 0 Å². The molecule has 0 fully saturated rings. The summed E-state index contributed by atoms with van der Waals surface area (Å²) in [6, 6.07) is 10.1. The average molecular weight is 343 g/mol. The minimum atomic E-state index is -0.767. The van der Waals surface area contributed by atoms with E-state index in [1.165, 1.54) is 0 Å². The van der Waals surface area contributed by atoms with Crippen molar-refractivity contribution in [3.63, 3.8) is 0 Å². The Morgan fingerprint density at radius 3 is 2.16 bits per heavy atom. The molecule has 0 aromatic heterocycles. The average Bonchev–Trinajstić information content (AvgIpc) is 2.60. The third-order valence-electron chi connectivity index (χ3n) is 3.94. The number of nitrogens with zero attached hydrogens (tertiary/aromatic N) is 2. The van der Waals surface area contributed by atoms with Gasteiger partial charge in [0.25, 0.3) is 17.3 Å². The molecule has 2 aromatic carbocycles. The summed E-state index contributed by atoms with van der Waals surface area (Å²) >= 11 is 0. The number of nitrogens with one attached hydrogen (secondary N) is 1. The molecule has 1 N–H and O–H groups in total. The molecule has 0 aliphatic carbocycles. The largest absolute Gasteiger partial charge is 0.322 e. The summed E-state index contributed by atoms with van der Waals surface area (Å²) in [4.78, 5) is 32.8. The standard InChI is InChI=1S/C17H17N3O5/c1-3-11(2)15-6-4-5-7-16(15)18-17(21)12-8-13(19(22)23)10-14(9-12)20(24)25/h4-11H,3H2,1-2H3,(H,18,21)/t11-/m0/s1. The van der Waals surface area contributed by atoms with Gasteiger partial charge in [-0.2, -0.15) is 0 Å². The number of benzene rings is 2. The molecule has 8 heteroatoms. The first kappa shape index (κ1) is 18.1. The maximum atomic E-state index is 12.5. The van der Waals surface area contributed by atoms with Crippen LogP contribution in [-0.4, -0.2) is 15.8 Å². The first-order valence-corrected chi connectivity index (χ1v) is 7.67. The van der Waals surface area contributed by atoms with Crippen LogP contribution in [0.3, 0.4) is 0 Å². The second-order valence-corrected chi connectivity index (χ2v) is 5.60. The molecular formula is C17H17N3O5. The van der Waals surface area contributed by atoms with Gasteiger partial charge in [0.2, 0.25) is 0 Å². The van der Waals surface area contributed by atoms with Gasteiger partial charge in [0.1, 0.15) is 0 Å². The van der Waals surface area contributed by atoms with E-state index in [1.807, 2.05) is 26.0 Å². The van der Waals surface area contributed by atoms with Crippen LogP contribution in [0.5, 0.6) is 0 Å². The monoisotopic (exact) mass is 343 g/mol. The maximum absolute atomic E-state index is 12.5. The highest BCUT2D eigenvalue weighted by Crippen LogP contribution is 2.28. The lowest BCUT2D eigenvalue weighted by atomic mass is 9.96. The van der Waals surface area contributed by atoms with Crippen molar-refractivity contribution < 1.29 is 14.6 Å². The van der Waals surface area contributed by atoms with Crippen LogP contribution in [0.1, 0.15) is 42.1 Å². The Morgan fingerprint density at radius 2 is 1.64 bits per heavy atom. The van der Waals surface area contributed by atoms with Gasteiger partial charge in [0.05, 0.1) is 21.5 Å². The Balaban J connectivity index is 2.39. The van der Waals surface area contributed by atoms with E-state index < -0.39 is 27.1 Å². The molecule has 0 saturated carbocycles. The Morgan fingerprint density at radius 1 is 1.08 bits per heavy atom. The van der Waals surface area contributed by atoms with E-state index in [1.54, 1.807) is 12.1 Å². The third kappa shape index (κ3) is 4.17. The lowest BCUT2D eigenvalue weighted by molar-refractivity contribution is -0.394. The summed E-state index contributed by atoms with van der Waals surface area (Å²) in [7, 11) is 0. The van der Waals surface area contributed by atoms with Gasteiger partial charge in [-0.25, -0.2) is 0 Å². The number of carbonyl (C=O) groups is 1. The molecule has 1 atom stereocenters. The topological polar surface area (TPSA) is 115 Å². The van der Waals surface area contributed by atoms with E-state index in [2.05, 4.69) is 5.32 Å². The van der Waals surface area contributed by atoms with Crippen molar-refractivity contribution in [3.05, 3.63) is 73.8 Å². The molecule has 0 radical (unpaired) electrons. The van der Waals surface area contributed by atoms with Gasteiger partial charge in [0.15, 0.2) is 0 Å². The van der Waals surface area contributed by atoms with Gasteiger partial charge in [-0.05, 0) is 24.0 Å². The summed E-state index contributed by atoms with van der Waals surface area (Å²) in [5.41, 5.74) is 0.360. The van der Waals surface area contributed by atoms with Crippen molar-refractivity contribution in [2.45, 2.75) is 26.2 Å². The number of carbonyl (C=O) groups excluding carboxylic acids is 1. The minimum absolute atomic E-state index is 0.139. The smallest absolute Gasteiger partial charge is 0.277 e. The fourth-order valence-electron chi connectivity index (χ4n) is 2.39. The second kappa shape index (κ2) is 7.52. The third-order valence-corrected chi connectivity index (χ3v) is 3.94. The lowest BCUT2D eigenvalue weighted by Gasteiger charge is -2.15. The van der Waals surface area contributed by atoms with E-state index in [0.717, 1.165) is 30.2 Å². The van der Waals surface area contributed by atoms with Gasteiger partial charge >= 0.3 is 0 Å². The number of rotatable bonds is 6. The van der Waals surface area contributed by atoms with E-state index >= 15 is 0 Å². The van der Waals surface area contributed by atoms with Crippen LogP contribution in [0.25, 0.3) is 0 Å². The Bertz CT molecular complexity index is 803. The van der Waals surface area contributed by atoms with Crippen LogP contribution in [-0.2, 0) is 0 Å². The van der Waals surface area contributed by atoms with Gasteiger partial charge in [0, 0.05) is 17.8 Å². The molecule has 1 amide bonds. The van der Waals surface area contributed by atoms with E-state index in [-0.39, 0.29) is 11.5 Å². The van der Waals surface area contributed by atoms with Gasteiger partial charge in [-0.1, -0.05) is 32.0 Å². The molecule has 8 nitrogen and oxygen atoms in total. The Labute approximate surface area is 143 Å². The zero-order valence-electron chi connectivity index (χ0n) is 13.8. The van der Waals surface area contributed by atoms with Crippen molar-refractivity contribution in [2.24, 2.45) is 0 Å². The van der Waals surface area contributed by atoms with Crippen LogP contribution in [0, 0.1) is 20.2 Å². The zero-order valence-corrected chi connectivity index (χ0v) is 13.8. The summed E-state index contributed by atoms with van der Waals surface area (Å²) in [5.74, 6) is -0.432. The van der Waals surface area contributed by atoms with Crippen LogP contribution in [0.4, 0.5) is 17.1 Å². The van der Waals surface area contributed by atoms with Gasteiger partial charge in [-0.3, -0.25) is 25.0 Å². The molecule has 2 aromatic rings. The van der Waals surface area contributed by atoms with Gasteiger partial charge < -0.3 is 5.32 Å². The predicted molar refractivity (Wildman–Crippen MR) is 92.9 cm³/mol. The predicted octanol–water partition coefficient (Wildman–Crippen LogP) is 4.27. The molecular weight excluding hydrogens is 326 g/mol. The molecule has 2 rings (SSSR count). The normalized spacial score (nSPS) is 11.6. The number of non-ortho nitro benzene ring substituents is 2. The number of hydrogen-bond acceptors (Lipinski definition) is 5. The van der Waals surface area contributed by atoms with Gasteiger partial charge in [-0.15, -0.1) is 0 Å². The molecule has 130 valence electrons. The van der Waals surface area contributed by atoms with Crippen molar-refractivity contribution >= 4 is 23.0 Å². The van der Waals surface area contributed by atoms with Crippen molar-refractivity contribution in [2.75, 3.05) is 5.32 Å². The molecule has 0 aliphatic heterocycles. The number of nitro benzene ring substituents is 2. The molecule has 0 aliphatic rings. The summed E-state index contributed by atoms with van der Waals surface area (Å²) in [6.45, 7) is 4.04. The Hall–Kier alpha value is -3.29. The first-order chi connectivity index (χ1) is 11.8. The van der Waals surface area contributed by atoms with Crippen LogP contribution < -0.4 is 5.32 Å². The molecule has 0 unspecified atom stereocenters. The SMILES string of the molecule is CC[C@H](C)c1ccccc1NC(=O)c1cc([N+](=O)[O-])cc([N+](=O)[O-])c1. The second-order valence-electron chi connectivity index (χ2n) is 5.60. The molecule has 0 heterocycles.